The van der Waals surface area contributed by atoms with Crippen molar-refractivity contribution >= 4 is 5.78 Å². The highest BCUT2D eigenvalue weighted by Crippen LogP contribution is 2.33. The number of carbonyl (C=O) groups excluding carboxylic acids is 1. The lowest BCUT2D eigenvalue weighted by atomic mass is 10.0. The van der Waals surface area contributed by atoms with E-state index < -0.39 is 6.29 Å². The van der Waals surface area contributed by atoms with E-state index in [9.17, 15) is 9.90 Å². The second-order valence-electron chi connectivity index (χ2n) is 8.60. The van der Waals surface area contributed by atoms with Crippen molar-refractivity contribution in [3.8, 4) is 0 Å². The van der Waals surface area contributed by atoms with Gasteiger partial charge in [-0.3, -0.25) is 4.79 Å². The van der Waals surface area contributed by atoms with E-state index in [2.05, 4.69) is 50.3 Å². The molecule has 0 saturated carbocycles. The van der Waals surface area contributed by atoms with Gasteiger partial charge in [-0.05, 0) is 62.9 Å². The van der Waals surface area contributed by atoms with E-state index in [-0.39, 0.29) is 18.1 Å². The Bertz CT molecular complexity index is 673. The fourth-order valence-electron chi connectivity index (χ4n) is 4.16. The standard InChI is InChI=1S/C10H16O.C10H14O.C7H10O2/c2*1-2-3-4-6-9-7-5-8-10(9)11;8-7-4-5-2-1-3-6(5)9-7/h3-5,8-11H,2,6-7H2,1H3;3-5,8-9H,2,6-7H2,1H3;1,3,5-8H,2,4H2/b2*4-3-;/t9-,10+;9-;5-,6?,7?/m001/s1. The zero-order chi connectivity index (χ0) is 22.5. The van der Waals surface area contributed by atoms with Crippen molar-refractivity contribution in [2.75, 3.05) is 0 Å². The smallest absolute Gasteiger partial charge is 0.159 e. The molecule has 0 amide bonds. The van der Waals surface area contributed by atoms with Crippen LogP contribution in [0.1, 0.15) is 65.2 Å². The third kappa shape index (κ3) is 9.10. The zero-order valence-electron chi connectivity index (χ0n) is 19.1. The first-order valence-corrected chi connectivity index (χ1v) is 11.9. The topological polar surface area (TPSA) is 66.8 Å². The van der Waals surface area contributed by atoms with Gasteiger partial charge in [-0.25, -0.2) is 0 Å². The van der Waals surface area contributed by atoms with Crippen LogP contribution in [0.25, 0.3) is 0 Å². The summed E-state index contributed by atoms with van der Waals surface area (Å²) in [5.74, 6) is 1.56. The van der Waals surface area contributed by atoms with Crippen molar-refractivity contribution in [3.05, 3.63) is 60.8 Å². The molecule has 1 fully saturated rings. The normalized spacial score (nSPS) is 33.1. The number of ketones is 1. The molecule has 2 N–H and O–H groups in total. The molecular weight excluding hydrogens is 388 g/mol. The predicted octanol–water partition coefficient (Wildman–Crippen LogP) is 5.44. The summed E-state index contributed by atoms with van der Waals surface area (Å²) < 4.78 is 5.15. The molecule has 0 aromatic carbocycles. The van der Waals surface area contributed by atoms with E-state index in [1.54, 1.807) is 6.08 Å². The highest BCUT2D eigenvalue weighted by Gasteiger charge is 2.34. The van der Waals surface area contributed by atoms with Gasteiger partial charge in [0.15, 0.2) is 12.1 Å². The first-order valence-electron chi connectivity index (χ1n) is 11.9. The molecule has 3 aliphatic carbocycles. The molecule has 6 atom stereocenters. The average Bonchev–Trinajstić information content (AvgIpc) is 3.51. The Hall–Kier alpha value is -1.75. The van der Waals surface area contributed by atoms with Crippen LogP contribution in [0.5, 0.6) is 0 Å². The average molecular weight is 429 g/mol. The van der Waals surface area contributed by atoms with Gasteiger partial charge in [-0.1, -0.05) is 68.5 Å². The number of allylic oxidation sites excluding steroid dienone is 8. The van der Waals surface area contributed by atoms with Crippen molar-refractivity contribution < 1.29 is 19.7 Å². The molecule has 1 saturated heterocycles. The molecule has 0 aromatic rings. The van der Waals surface area contributed by atoms with Crippen LogP contribution < -0.4 is 0 Å². The molecule has 4 aliphatic rings. The molecule has 0 radical (unpaired) electrons. The predicted molar refractivity (Wildman–Crippen MR) is 126 cm³/mol. The Kier molecular flexibility index (Phi) is 11.8. The van der Waals surface area contributed by atoms with Gasteiger partial charge in [-0.2, -0.15) is 0 Å². The summed E-state index contributed by atoms with van der Waals surface area (Å²) in [5, 5.41) is 18.3. The van der Waals surface area contributed by atoms with Crippen LogP contribution in [0.3, 0.4) is 0 Å². The molecule has 0 spiro atoms. The zero-order valence-corrected chi connectivity index (χ0v) is 19.1. The number of hydrogen-bond donors (Lipinski definition) is 2. The van der Waals surface area contributed by atoms with E-state index in [4.69, 9.17) is 9.84 Å². The molecule has 2 unspecified atom stereocenters. The summed E-state index contributed by atoms with van der Waals surface area (Å²) in [6, 6.07) is 0. The molecule has 172 valence electrons. The van der Waals surface area contributed by atoms with E-state index in [0.717, 1.165) is 51.4 Å². The molecule has 4 rings (SSSR count). The third-order valence-electron chi connectivity index (χ3n) is 6.07. The minimum Gasteiger partial charge on any atom is -0.389 e. The van der Waals surface area contributed by atoms with Crippen molar-refractivity contribution in [3.63, 3.8) is 0 Å². The van der Waals surface area contributed by atoms with Gasteiger partial charge in [0.1, 0.15) is 0 Å². The van der Waals surface area contributed by atoms with Crippen molar-refractivity contribution in [1.29, 1.82) is 0 Å². The Morgan fingerprint density at radius 2 is 1.65 bits per heavy atom. The first-order chi connectivity index (χ1) is 15.0. The number of hydrogen-bond acceptors (Lipinski definition) is 4. The Labute approximate surface area is 188 Å². The van der Waals surface area contributed by atoms with Crippen molar-refractivity contribution in [1.82, 2.24) is 0 Å². The summed E-state index contributed by atoms with van der Waals surface area (Å²) in [5.41, 5.74) is 0. The van der Waals surface area contributed by atoms with Gasteiger partial charge in [0.05, 0.1) is 12.2 Å². The lowest BCUT2D eigenvalue weighted by molar-refractivity contribution is -0.117. The third-order valence-corrected chi connectivity index (χ3v) is 6.07. The lowest BCUT2D eigenvalue weighted by Crippen LogP contribution is -2.11. The van der Waals surface area contributed by atoms with Crippen LogP contribution >= 0.6 is 0 Å². The Balaban J connectivity index is 0.000000166. The number of aliphatic hydroxyl groups excluding tert-OH is 2. The Morgan fingerprint density at radius 1 is 0.935 bits per heavy atom. The molecule has 1 aliphatic heterocycles. The molecule has 4 heteroatoms. The van der Waals surface area contributed by atoms with Crippen LogP contribution in [0.15, 0.2) is 60.8 Å². The van der Waals surface area contributed by atoms with Gasteiger partial charge < -0.3 is 14.9 Å². The largest absolute Gasteiger partial charge is 0.389 e. The van der Waals surface area contributed by atoms with Gasteiger partial charge in [0.2, 0.25) is 0 Å². The van der Waals surface area contributed by atoms with Gasteiger partial charge in [-0.15, -0.1) is 0 Å². The second kappa shape index (κ2) is 14.3. The number of aliphatic hydroxyl groups is 2. The van der Waals surface area contributed by atoms with Crippen molar-refractivity contribution in [2.24, 2.45) is 17.8 Å². The van der Waals surface area contributed by atoms with E-state index in [0.29, 0.717) is 17.6 Å². The summed E-state index contributed by atoms with van der Waals surface area (Å²) >= 11 is 0. The number of fused-ring (bicyclic) bond motifs is 1. The summed E-state index contributed by atoms with van der Waals surface area (Å²) in [6.07, 6.45) is 27.8. The first kappa shape index (κ1) is 25.5. The maximum atomic E-state index is 11.0. The van der Waals surface area contributed by atoms with E-state index >= 15 is 0 Å². The fraction of sp³-hybridized carbons (Fsp3) is 0.593. The minimum atomic E-state index is -0.495. The monoisotopic (exact) mass is 428 g/mol. The van der Waals surface area contributed by atoms with E-state index in [1.807, 2.05) is 18.2 Å². The highest BCUT2D eigenvalue weighted by atomic mass is 16.6. The van der Waals surface area contributed by atoms with Gasteiger partial charge in [0, 0.05) is 12.3 Å². The molecular formula is C27H40O4. The summed E-state index contributed by atoms with van der Waals surface area (Å²) in [6.45, 7) is 4.23. The van der Waals surface area contributed by atoms with Crippen LogP contribution in [0, 0.1) is 17.8 Å². The highest BCUT2D eigenvalue weighted by molar-refractivity contribution is 5.94. The van der Waals surface area contributed by atoms with Crippen molar-refractivity contribution in [2.45, 2.75) is 83.7 Å². The molecule has 4 nitrogen and oxygen atoms in total. The molecule has 0 aromatic heterocycles. The van der Waals surface area contributed by atoms with Gasteiger partial charge in [0.25, 0.3) is 0 Å². The van der Waals surface area contributed by atoms with Gasteiger partial charge >= 0.3 is 0 Å². The summed E-state index contributed by atoms with van der Waals surface area (Å²) in [4.78, 5) is 11.0. The molecule has 31 heavy (non-hydrogen) atoms. The van der Waals surface area contributed by atoms with Crippen LogP contribution in [-0.2, 0) is 9.53 Å². The molecule has 1 heterocycles. The van der Waals surface area contributed by atoms with E-state index in [1.165, 1.54) is 0 Å². The van der Waals surface area contributed by atoms with Crippen LogP contribution in [0.2, 0.25) is 0 Å². The summed E-state index contributed by atoms with van der Waals surface area (Å²) in [7, 11) is 0. The fourth-order valence-corrected chi connectivity index (χ4v) is 4.16. The SMILES string of the molecule is CC/C=C\C[C@H]1CC=CC1=O.CC/C=C\C[C@H]1CC=C[C@H]1O.OC1C[C@H]2CC=CC2O1. The maximum absolute atomic E-state index is 11.0. The lowest BCUT2D eigenvalue weighted by Gasteiger charge is -2.10. The van der Waals surface area contributed by atoms with Crippen LogP contribution in [0.4, 0.5) is 0 Å². The number of carbonyl (C=O) groups is 1. The van der Waals surface area contributed by atoms with Crippen LogP contribution in [-0.4, -0.2) is 34.5 Å². The quantitative estimate of drug-likeness (QED) is 0.553. The second-order valence-corrected chi connectivity index (χ2v) is 8.60. The molecule has 0 bridgehead atoms. The Morgan fingerprint density at radius 3 is 2.23 bits per heavy atom. The maximum Gasteiger partial charge on any atom is 0.159 e. The number of rotatable bonds is 6. The minimum absolute atomic E-state index is 0.198. The number of ether oxygens (including phenoxy) is 1.